The molecule has 0 unspecified atom stereocenters. The standard InChI is InChI=1S/C14H13FN2S/c1-14(2,9-16)7-13-17-12(8-18-13)10-5-3-4-6-11(10)15/h3-6,8H,7H2,1-2H3. The Morgan fingerprint density at radius 1 is 1.39 bits per heavy atom. The first kappa shape index (κ1) is 12.7. The molecule has 1 aromatic heterocycles. The van der Waals surface area contributed by atoms with Gasteiger partial charge in [-0.1, -0.05) is 12.1 Å². The van der Waals surface area contributed by atoms with Crippen molar-refractivity contribution in [2.75, 3.05) is 0 Å². The van der Waals surface area contributed by atoms with E-state index in [0.29, 0.717) is 17.7 Å². The molecule has 0 spiro atoms. The van der Waals surface area contributed by atoms with E-state index in [0.717, 1.165) is 5.01 Å². The number of rotatable bonds is 3. The van der Waals surface area contributed by atoms with Crippen LogP contribution in [0.15, 0.2) is 29.6 Å². The number of aromatic nitrogens is 1. The summed E-state index contributed by atoms with van der Waals surface area (Å²) in [5.74, 6) is -0.270. The van der Waals surface area contributed by atoms with Gasteiger partial charge in [0.25, 0.3) is 0 Å². The van der Waals surface area contributed by atoms with Crippen LogP contribution in [0.2, 0.25) is 0 Å². The van der Waals surface area contributed by atoms with Crippen LogP contribution < -0.4 is 0 Å². The highest BCUT2D eigenvalue weighted by Crippen LogP contribution is 2.28. The SMILES string of the molecule is CC(C)(C#N)Cc1nc(-c2ccccc2F)cs1. The second-order valence-corrected chi connectivity index (χ2v) is 5.72. The van der Waals surface area contributed by atoms with Gasteiger partial charge in [-0.15, -0.1) is 11.3 Å². The third kappa shape index (κ3) is 2.74. The summed E-state index contributed by atoms with van der Waals surface area (Å²) in [7, 11) is 0. The summed E-state index contributed by atoms with van der Waals surface area (Å²) in [4.78, 5) is 4.40. The van der Waals surface area contributed by atoms with Crippen molar-refractivity contribution in [2.24, 2.45) is 5.41 Å². The number of hydrogen-bond donors (Lipinski definition) is 0. The summed E-state index contributed by atoms with van der Waals surface area (Å²) in [6, 6.07) is 8.82. The maximum absolute atomic E-state index is 13.6. The van der Waals surface area contributed by atoms with Crippen molar-refractivity contribution in [3.8, 4) is 17.3 Å². The molecule has 0 aliphatic heterocycles. The lowest BCUT2D eigenvalue weighted by Crippen LogP contribution is -2.11. The van der Waals surface area contributed by atoms with Crippen LogP contribution >= 0.6 is 11.3 Å². The normalized spacial score (nSPS) is 11.2. The molecule has 0 fully saturated rings. The molecule has 2 rings (SSSR count). The lowest BCUT2D eigenvalue weighted by atomic mass is 9.92. The van der Waals surface area contributed by atoms with Crippen LogP contribution in [-0.4, -0.2) is 4.98 Å². The Balaban J connectivity index is 2.27. The van der Waals surface area contributed by atoms with Crippen molar-refractivity contribution in [1.29, 1.82) is 5.26 Å². The van der Waals surface area contributed by atoms with Gasteiger partial charge in [-0.05, 0) is 26.0 Å². The molecule has 2 aromatic rings. The first-order valence-corrected chi connectivity index (χ1v) is 6.50. The van der Waals surface area contributed by atoms with Crippen molar-refractivity contribution in [1.82, 2.24) is 4.98 Å². The van der Waals surface area contributed by atoms with E-state index < -0.39 is 5.41 Å². The van der Waals surface area contributed by atoms with Gasteiger partial charge in [-0.25, -0.2) is 9.37 Å². The zero-order chi connectivity index (χ0) is 13.2. The van der Waals surface area contributed by atoms with Gasteiger partial charge in [-0.3, -0.25) is 0 Å². The maximum atomic E-state index is 13.6. The van der Waals surface area contributed by atoms with Crippen molar-refractivity contribution in [2.45, 2.75) is 20.3 Å². The van der Waals surface area contributed by atoms with Gasteiger partial charge in [-0.2, -0.15) is 5.26 Å². The summed E-state index contributed by atoms with van der Waals surface area (Å²) >= 11 is 1.47. The summed E-state index contributed by atoms with van der Waals surface area (Å²) < 4.78 is 13.6. The molecule has 0 atom stereocenters. The molecule has 0 aliphatic carbocycles. The summed E-state index contributed by atoms with van der Waals surface area (Å²) in [5.41, 5.74) is 0.710. The van der Waals surface area contributed by atoms with E-state index in [-0.39, 0.29) is 5.82 Å². The van der Waals surface area contributed by atoms with Crippen molar-refractivity contribution in [3.63, 3.8) is 0 Å². The largest absolute Gasteiger partial charge is 0.241 e. The predicted molar refractivity (Wildman–Crippen MR) is 70.6 cm³/mol. The number of nitrogens with zero attached hydrogens (tertiary/aromatic N) is 2. The Morgan fingerprint density at radius 2 is 2.11 bits per heavy atom. The molecule has 18 heavy (non-hydrogen) atoms. The van der Waals surface area contributed by atoms with Crippen LogP contribution in [0, 0.1) is 22.6 Å². The first-order chi connectivity index (χ1) is 8.52. The Morgan fingerprint density at radius 3 is 2.78 bits per heavy atom. The van der Waals surface area contributed by atoms with E-state index in [1.165, 1.54) is 17.4 Å². The van der Waals surface area contributed by atoms with E-state index in [1.807, 2.05) is 19.2 Å². The first-order valence-electron chi connectivity index (χ1n) is 5.62. The van der Waals surface area contributed by atoms with Gasteiger partial charge in [0.15, 0.2) is 0 Å². The molecular formula is C14H13FN2S. The van der Waals surface area contributed by atoms with Crippen LogP contribution in [0.3, 0.4) is 0 Å². The van der Waals surface area contributed by atoms with Crippen LogP contribution in [0.1, 0.15) is 18.9 Å². The zero-order valence-electron chi connectivity index (χ0n) is 10.3. The zero-order valence-corrected chi connectivity index (χ0v) is 11.1. The average Bonchev–Trinajstić information content (AvgIpc) is 2.77. The molecule has 0 saturated heterocycles. The Labute approximate surface area is 110 Å². The van der Waals surface area contributed by atoms with Gasteiger partial charge >= 0.3 is 0 Å². The lowest BCUT2D eigenvalue weighted by Gasteiger charge is -2.11. The minimum absolute atomic E-state index is 0.270. The highest BCUT2D eigenvalue weighted by molar-refractivity contribution is 7.09. The number of benzene rings is 1. The summed E-state index contributed by atoms with van der Waals surface area (Å²) in [6.45, 7) is 3.74. The topological polar surface area (TPSA) is 36.7 Å². The van der Waals surface area contributed by atoms with Gasteiger partial charge < -0.3 is 0 Å². The smallest absolute Gasteiger partial charge is 0.132 e. The fourth-order valence-electron chi connectivity index (χ4n) is 1.60. The van der Waals surface area contributed by atoms with E-state index >= 15 is 0 Å². The Bertz CT molecular complexity index is 596. The van der Waals surface area contributed by atoms with Crippen LogP contribution in [-0.2, 0) is 6.42 Å². The maximum Gasteiger partial charge on any atom is 0.132 e. The Kier molecular flexibility index (Phi) is 3.44. The van der Waals surface area contributed by atoms with E-state index in [9.17, 15) is 4.39 Å². The fraction of sp³-hybridized carbons (Fsp3) is 0.286. The van der Waals surface area contributed by atoms with Gasteiger partial charge in [0.05, 0.1) is 22.2 Å². The molecule has 4 heteroatoms. The van der Waals surface area contributed by atoms with E-state index in [2.05, 4.69) is 11.1 Å². The number of thiazole rings is 1. The number of halogens is 1. The minimum Gasteiger partial charge on any atom is -0.241 e. The lowest BCUT2D eigenvalue weighted by molar-refractivity contribution is 0.492. The molecule has 2 nitrogen and oxygen atoms in total. The molecule has 0 radical (unpaired) electrons. The third-order valence-corrected chi connectivity index (χ3v) is 3.45. The van der Waals surface area contributed by atoms with Crippen LogP contribution in [0.25, 0.3) is 11.3 Å². The predicted octanol–water partition coefficient (Wildman–Crippen LogP) is 4.04. The summed E-state index contributed by atoms with van der Waals surface area (Å²) in [6.07, 6.45) is 0.586. The van der Waals surface area contributed by atoms with Gasteiger partial charge in [0.1, 0.15) is 5.82 Å². The van der Waals surface area contributed by atoms with Crippen LogP contribution in [0.5, 0.6) is 0 Å². The molecule has 0 bridgehead atoms. The van der Waals surface area contributed by atoms with Crippen LogP contribution in [0.4, 0.5) is 4.39 Å². The quantitative estimate of drug-likeness (QED) is 0.835. The van der Waals surface area contributed by atoms with Gasteiger partial charge in [0.2, 0.25) is 0 Å². The molecular weight excluding hydrogens is 247 g/mol. The molecule has 0 saturated carbocycles. The van der Waals surface area contributed by atoms with E-state index in [4.69, 9.17) is 5.26 Å². The van der Waals surface area contributed by atoms with Crippen molar-refractivity contribution >= 4 is 11.3 Å². The second-order valence-electron chi connectivity index (χ2n) is 4.78. The van der Waals surface area contributed by atoms with Crippen molar-refractivity contribution in [3.05, 3.63) is 40.5 Å². The molecule has 0 amide bonds. The fourth-order valence-corrected chi connectivity index (χ4v) is 2.62. The van der Waals surface area contributed by atoms with E-state index in [1.54, 1.807) is 18.2 Å². The van der Waals surface area contributed by atoms with Gasteiger partial charge in [0, 0.05) is 17.4 Å². The molecule has 1 aromatic carbocycles. The molecule has 0 N–H and O–H groups in total. The van der Waals surface area contributed by atoms with Crippen molar-refractivity contribution < 1.29 is 4.39 Å². The summed E-state index contributed by atoms with van der Waals surface area (Å²) in [5, 5.41) is 11.7. The highest BCUT2D eigenvalue weighted by atomic mass is 32.1. The second kappa shape index (κ2) is 4.87. The average molecular weight is 260 g/mol. The number of hydrogen-bond acceptors (Lipinski definition) is 3. The minimum atomic E-state index is -0.440. The monoisotopic (exact) mass is 260 g/mol. The highest BCUT2D eigenvalue weighted by Gasteiger charge is 2.20. The molecule has 1 heterocycles. The Hall–Kier alpha value is -1.73. The molecule has 0 aliphatic rings. The third-order valence-electron chi connectivity index (χ3n) is 2.60. The molecule has 92 valence electrons. The number of nitriles is 1.